The molecule has 0 spiro atoms. The van der Waals surface area contributed by atoms with E-state index in [2.05, 4.69) is 23.1 Å². The average molecular weight is 274 g/mol. The topological polar surface area (TPSA) is 38.5 Å². The highest BCUT2D eigenvalue weighted by molar-refractivity contribution is 5.37. The van der Waals surface area contributed by atoms with E-state index < -0.39 is 0 Å². The molecule has 2 aliphatic rings. The Bertz CT molecular complexity index is 460. The number of nitrogens with zero attached hydrogens (tertiary/aromatic N) is 1. The number of ether oxygens (including phenoxy) is 1. The molecule has 1 aromatic rings. The van der Waals surface area contributed by atoms with Gasteiger partial charge >= 0.3 is 0 Å². The van der Waals surface area contributed by atoms with Gasteiger partial charge in [0, 0.05) is 24.7 Å². The molecule has 1 saturated heterocycles. The molecule has 2 fully saturated rings. The Hall–Kier alpha value is -1.06. The van der Waals surface area contributed by atoms with Gasteiger partial charge in [0.05, 0.1) is 7.11 Å². The summed E-state index contributed by atoms with van der Waals surface area (Å²) in [6, 6.07) is 7.14. The lowest BCUT2D eigenvalue weighted by atomic mass is 9.85. The zero-order chi connectivity index (χ0) is 13.9. The van der Waals surface area contributed by atoms with E-state index in [9.17, 15) is 0 Å². The van der Waals surface area contributed by atoms with Crippen LogP contribution >= 0.6 is 0 Å². The molecular formula is C17H26N2O. The minimum absolute atomic E-state index is 0.600. The number of nitrogens with two attached hydrogens (primary N) is 1. The molecule has 1 aliphatic carbocycles. The van der Waals surface area contributed by atoms with Gasteiger partial charge in [0.1, 0.15) is 5.75 Å². The molecule has 2 N–H and O–H groups in total. The van der Waals surface area contributed by atoms with Gasteiger partial charge in [0.25, 0.3) is 0 Å². The fourth-order valence-corrected chi connectivity index (χ4v) is 4.00. The average Bonchev–Trinajstić information content (AvgIpc) is 2.90. The van der Waals surface area contributed by atoms with Crippen molar-refractivity contribution in [2.75, 3.05) is 13.7 Å². The minimum atomic E-state index is 0.600. The van der Waals surface area contributed by atoms with Crippen LogP contribution in [0.25, 0.3) is 0 Å². The quantitative estimate of drug-likeness (QED) is 0.917. The van der Waals surface area contributed by atoms with Gasteiger partial charge in [-0.15, -0.1) is 0 Å². The molecule has 1 heterocycles. The van der Waals surface area contributed by atoms with E-state index in [0.717, 1.165) is 24.3 Å². The summed E-state index contributed by atoms with van der Waals surface area (Å²) in [6.07, 6.45) is 7.02. The molecular weight excluding hydrogens is 248 g/mol. The number of rotatable bonds is 4. The lowest BCUT2D eigenvalue weighted by molar-refractivity contribution is 0.174. The summed E-state index contributed by atoms with van der Waals surface area (Å²) in [5.41, 5.74) is 8.26. The number of hydrogen-bond donors (Lipinski definition) is 1. The van der Waals surface area contributed by atoms with Gasteiger partial charge in [-0.25, -0.2) is 0 Å². The van der Waals surface area contributed by atoms with Crippen LogP contribution in [0.2, 0.25) is 0 Å². The van der Waals surface area contributed by atoms with E-state index in [1.807, 2.05) is 0 Å². The monoisotopic (exact) mass is 274 g/mol. The maximum atomic E-state index is 5.77. The second-order valence-corrected chi connectivity index (χ2v) is 6.22. The van der Waals surface area contributed by atoms with Crippen molar-refractivity contribution in [3.05, 3.63) is 29.3 Å². The first kappa shape index (κ1) is 13.9. The summed E-state index contributed by atoms with van der Waals surface area (Å²) in [5, 5.41) is 0. The largest absolute Gasteiger partial charge is 0.496 e. The Morgan fingerprint density at radius 1 is 1.25 bits per heavy atom. The van der Waals surface area contributed by atoms with Gasteiger partial charge in [-0.05, 0) is 49.4 Å². The second-order valence-electron chi connectivity index (χ2n) is 6.22. The fourth-order valence-electron chi connectivity index (χ4n) is 4.00. The van der Waals surface area contributed by atoms with Crippen molar-refractivity contribution in [1.29, 1.82) is 0 Å². The van der Waals surface area contributed by atoms with E-state index in [-0.39, 0.29) is 0 Å². The second kappa shape index (κ2) is 6.15. The molecule has 2 atom stereocenters. The molecule has 110 valence electrons. The van der Waals surface area contributed by atoms with Crippen molar-refractivity contribution in [2.45, 2.75) is 51.2 Å². The maximum Gasteiger partial charge on any atom is 0.123 e. The van der Waals surface area contributed by atoms with Crippen LogP contribution in [0, 0.1) is 5.92 Å². The van der Waals surface area contributed by atoms with Crippen LogP contribution in [0.3, 0.4) is 0 Å². The van der Waals surface area contributed by atoms with E-state index in [0.29, 0.717) is 6.54 Å². The van der Waals surface area contributed by atoms with Crippen LogP contribution in [0.4, 0.5) is 0 Å². The van der Waals surface area contributed by atoms with Crippen LogP contribution < -0.4 is 10.5 Å². The summed E-state index contributed by atoms with van der Waals surface area (Å²) >= 11 is 0. The van der Waals surface area contributed by atoms with E-state index >= 15 is 0 Å². The molecule has 1 saturated carbocycles. The van der Waals surface area contributed by atoms with Crippen LogP contribution in [0.1, 0.15) is 43.2 Å². The van der Waals surface area contributed by atoms with E-state index in [1.54, 1.807) is 7.11 Å². The first-order valence-electron chi connectivity index (χ1n) is 7.91. The van der Waals surface area contributed by atoms with Crippen LogP contribution in [-0.2, 0) is 13.1 Å². The molecule has 0 bridgehead atoms. The first-order valence-corrected chi connectivity index (χ1v) is 7.91. The summed E-state index contributed by atoms with van der Waals surface area (Å²) in [7, 11) is 1.76. The first-order chi connectivity index (χ1) is 9.81. The third-order valence-electron chi connectivity index (χ3n) is 5.08. The predicted molar refractivity (Wildman–Crippen MR) is 81.7 cm³/mol. The van der Waals surface area contributed by atoms with E-state index in [4.69, 9.17) is 10.5 Å². The zero-order valence-corrected chi connectivity index (χ0v) is 12.5. The van der Waals surface area contributed by atoms with E-state index in [1.165, 1.54) is 49.8 Å². The predicted octanol–water partition coefficient (Wildman–Crippen LogP) is 2.92. The Morgan fingerprint density at radius 2 is 2.10 bits per heavy atom. The Kier molecular flexibility index (Phi) is 4.27. The van der Waals surface area contributed by atoms with Gasteiger partial charge in [0.15, 0.2) is 0 Å². The molecule has 1 aliphatic heterocycles. The molecule has 0 aromatic heterocycles. The number of benzene rings is 1. The Balaban J connectivity index is 1.76. The van der Waals surface area contributed by atoms with Gasteiger partial charge in [-0.2, -0.15) is 0 Å². The fraction of sp³-hybridized carbons (Fsp3) is 0.647. The molecule has 3 nitrogen and oxygen atoms in total. The zero-order valence-electron chi connectivity index (χ0n) is 12.5. The molecule has 2 unspecified atom stereocenters. The summed E-state index contributed by atoms with van der Waals surface area (Å²) in [5.74, 6) is 1.94. The normalized spacial score (nSPS) is 26.5. The van der Waals surface area contributed by atoms with Crippen molar-refractivity contribution < 1.29 is 4.74 Å². The highest BCUT2D eigenvalue weighted by Crippen LogP contribution is 2.37. The standard InChI is InChI=1S/C17H26N2O/c1-20-17-7-6-13(11-18)10-15(17)12-19-9-8-14-4-2-3-5-16(14)19/h6-7,10,14,16H,2-5,8-9,11-12,18H2,1H3. The highest BCUT2D eigenvalue weighted by Gasteiger charge is 2.35. The van der Waals surface area contributed by atoms with Crippen molar-refractivity contribution >= 4 is 0 Å². The lowest BCUT2D eigenvalue weighted by Gasteiger charge is -2.32. The highest BCUT2D eigenvalue weighted by atomic mass is 16.5. The lowest BCUT2D eigenvalue weighted by Crippen LogP contribution is -2.34. The molecule has 0 radical (unpaired) electrons. The van der Waals surface area contributed by atoms with Gasteiger partial charge in [-0.3, -0.25) is 4.90 Å². The van der Waals surface area contributed by atoms with Crippen LogP contribution in [0.5, 0.6) is 5.75 Å². The van der Waals surface area contributed by atoms with Crippen LogP contribution in [0.15, 0.2) is 18.2 Å². The molecule has 3 rings (SSSR count). The summed E-state index contributed by atoms with van der Waals surface area (Å²) in [6.45, 7) is 2.85. The van der Waals surface area contributed by atoms with Crippen LogP contribution in [-0.4, -0.2) is 24.6 Å². The smallest absolute Gasteiger partial charge is 0.123 e. The summed E-state index contributed by atoms with van der Waals surface area (Å²) in [4.78, 5) is 2.67. The molecule has 1 aromatic carbocycles. The summed E-state index contributed by atoms with van der Waals surface area (Å²) < 4.78 is 5.52. The number of likely N-dealkylation sites (tertiary alicyclic amines) is 1. The number of methoxy groups -OCH3 is 1. The van der Waals surface area contributed by atoms with Crippen molar-refractivity contribution in [3.63, 3.8) is 0 Å². The molecule has 20 heavy (non-hydrogen) atoms. The molecule has 0 amide bonds. The third kappa shape index (κ3) is 2.70. The van der Waals surface area contributed by atoms with Crippen molar-refractivity contribution in [2.24, 2.45) is 11.7 Å². The minimum Gasteiger partial charge on any atom is -0.496 e. The van der Waals surface area contributed by atoms with Gasteiger partial charge in [0.2, 0.25) is 0 Å². The maximum absolute atomic E-state index is 5.77. The Morgan fingerprint density at radius 3 is 2.90 bits per heavy atom. The SMILES string of the molecule is COc1ccc(CN)cc1CN1CCC2CCCCC21. The Labute approximate surface area is 122 Å². The number of hydrogen-bond acceptors (Lipinski definition) is 3. The third-order valence-corrected chi connectivity index (χ3v) is 5.08. The van der Waals surface area contributed by atoms with Gasteiger partial charge in [-0.1, -0.05) is 18.9 Å². The van der Waals surface area contributed by atoms with Crippen molar-refractivity contribution in [3.8, 4) is 5.75 Å². The van der Waals surface area contributed by atoms with Crippen molar-refractivity contribution in [1.82, 2.24) is 4.90 Å². The number of fused-ring (bicyclic) bond motifs is 1. The van der Waals surface area contributed by atoms with Gasteiger partial charge < -0.3 is 10.5 Å². The molecule has 3 heteroatoms.